The van der Waals surface area contributed by atoms with E-state index in [1.807, 2.05) is 55.1 Å². The van der Waals surface area contributed by atoms with E-state index >= 15 is 0 Å². The van der Waals surface area contributed by atoms with Gasteiger partial charge in [0.05, 0.1) is 54.5 Å². The van der Waals surface area contributed by atoms with Gasteiger partial charge in [-0.15, -0.1) is 0 Å². The quantitative estimate of drug-likeness (QED) is 0.304. The summed E-state index contributed by atoms with van der Waals surface area (Å²) in [6.45, 7) is 10.0. The van der Waals surface area contributed by atoms with Gasteiger partial charge in [0.2, 0.25) is 41.4 Å². The SMILES string of the molecule is COC(=O)C1C2CC1N(C(=O)C1C3CC1N(C(=O)C1C4CC1N(C(=O)C1C5CC1N(C(=O)C1C6CC1N(C(=O)C1C7CC1N(C(=O)C1C8CC1N(C(=O)C1C9CC1N(C(=O)OC(C)(C)C)C9)C8)C7)C6)C5)C4)C3)C2. The zero-order valence-corrected chi connectivity index (χ0v) is 42.2. The van der Waals surface area contributed by atoms with Crippen molar-refractivity contribution in [2.45, 2.75) is 126 Å². The fourth-order valence-corrected chi connectivity index (χ4v) is 19.6. The summed E-state index contributed by atoms with van der Waals surface area (Å²) in [5.41, 5.74) is -0.610. The van der Waals surface area contributed by atoms with Gasteiger partial charge in [0.1, 0.15) is 5.60 Å². The molecular formula is C54H68N8O11. The van der Waals surface area contributed by atoms with Crippen LogP contribution in [0.4, 0.5) is 4.79 Å². The van der Waals surface area contributed by atoms with E-state index in [1.54, 1.807) is 4.90 Å². The van der Waals surface area contributed by atoms with Gasteiger partial charge < -0.3 is 48.7 Å². The molecule has 0 aromatic rings. The largest absolute Gasteiger partial charge is 0.469 e. The van der Waals surface area contributed by atoms with E-state index in [0.717, 1.165) is 51.4 Å². The van der Waals surface area contributed by atoms with Gasteiger partial charge in [0.15, 0.2) is 0 Å². The van der Waals surface area contributed by atoms with Crippen LogP contribution < -0.4 is 0 Å². The van der Waals surface area contributed by atoms with Crippen LogP contribution in [-0.2, 0) is 47.8 Å². The number of methoxy groups -OCH3 is 1. The predicted octanol–water partition coefficient (Wildman–Crippen LogP) is 0.343. The zero-order chi connectivity index (χ0) is 49.9. The second-order valence-electron chi connectivity index (χ2n) is 27.3. The molecule has 390 valence electrons. The Morgan fingerprint density at radius 2 is 0.507 bits per heavy atom. The Morgan fingerprint density at radius 1 is 0.315 bits per heavy atom. The van der Waals surface area contributed by atoms with Crippen molar-refractivity contribution >= 4 is 53.4 Å². The van der Waals surface area contributed by atoms with Crippen molar-refractivity contribution in [1.29, 1.82) is 0 Å². The first-order chi connectivity index (χ1) is 35.0. The fourth-order valence-electron chi connectivity index (χ4n) is 19.6. The minimum atomic E-state index is -0.610. The number of carbonyl (C=O) groups is 9. The van der Waals surface area contributed by atoms with E-state index in [2.05, 4.69) is 0 Å². The highest BCUT2D eigenvalue weighted by Gasteiger charge is 2.71. The number of hydrogen-bond acceptors (Lipinski definition) is 11. The number of ether oxygens (including phenoxy) is 2. The average Bonchev–Trinajstić information content (AvgIpc) is 4.15. The third kappa shape index (κ3) is 5.55. The second-order valence-corrected chi connectivity index (χ2v) is 27.3. The molecule has 16 saturated heterocycles. The number of fused-ring (bicyclic) bond motifs is 8. The Hall–Kier alpha value is -4.97. The van der Waals surface area contributed by atoms with Crippen LogP contribution in [0.2, 0.25) is 0 Å². The normalized spacial score (nSPS) is 48.2. The summed E-state index contributed by atoms with van der Waals surface area (Å²) >= 11 is 0. The molecule has 19 nitrogen and oxygen atoms in total. The Kier molecular flexibility index (Phi) is 8.80. The van der Waals surface area contributed by atoms with Crippen molar-refractivity contribution in [3.8, 4) is 0 Å². The van der Waals surface area contributed by atoms with Crippen LogP contribution in [0.5, 0.6) is 0 Å². The number of nitrogens with zero attached hydrogens (tertiary/aromatic N) is 8. The highest BCUT2D eigenvalue weighted by Crippen LogP contribution is 2.60. The monoisotopic (exact) mass is 1000 g/mol. The summed E-state index contributed by atoms with van der Waals surface area (Å²) in [5, 5.41) is 0. The van der Waals surface area contributed by atoms with Crippen molar-refractivity contribution in [3.05, 3.63) is 0 Å². The lowest BCUT2D eigenvalue weighted by atomic mass is 9.70. The molecule has 19 heteroatoms. The van der Waals surface area contributed by atoms with E-state index < -0.39 is 5.60 Å². The maximum atomic E-state index is 14.5. The Bertz CT molecular complexity index is 2620. The average molecular weight is 1010 g/mol. The summed E-state index contributed by atoms with van der Waals surface area (Å²) in [7, 11) is 1.40. The zero-order valence-electron chi connectivity index (χ0n) is 42.2. The van der Waals surface area contributed by atoms with Crippen LogP contribution in [-0.4, -0.2) is 206 Å². The van der Waals surface area contributed by atoms with Crippen molar-refractivity contribution in [2.75, 3.05) is 59.5 Å². The second kappa shape index (κ2) is 14.5. The summed E-state index contributed by atoms with van der Waals surface area (Å²) in [4.78, 5) is 140. The van der Waals surface area contributed by atoms with Gasteiger partial charge in [-0.2, -0.15) is 0 Å². The molecule has 0 radical (unpaired) electrons. The highest BCUT2D eigenvalue weighted by molar-refractivity contribution is 5.93. The van der Waals surface area contributed by atoms with Gasteiger partial charge in [-0.3, -0.25) is 38.4 Å². The smallest absolute Gasteiger partial charge is 0.410 e. The first-order valence-electron chi connectivity index (χ1n) is 28.2. The number of hydrogen-bond donors (Lipinski definition) is 0. The maximum absolute atomic E-state index is 14.5. The third-order valence-corrected chi connectivity index (χ3v) is 23.5. The van der Waals surface area contributed by atoms with E-state index in [9.17, 15) is 43.2 Å². The van der Waals surface area contributed by atoms with Crippen molar-refractivity contribution in [2.24, 2.45) is 94.7 Å². The molecule has 24 fully saturated rings. The fraction of sp³-hybridized carbons (Fsp3) is 0.833. The molecule has 73 heavy (non-hydrogen) atoms. The number of amides is 8. The molecule has 0 aromatic carbocycles. The molecule has 0 aromatic heterocycles. The van der Waals surface area contributed by atoms with Crippen molar-refractivity contribution in [1.82, 2.24) is 39.2 Å². The maximum Gasteiger partial charge on any atom is 0.410 e. The van der Waals surface area contributed by atoms with Crippen molar-refractivity contribution in [3.63, 3.8) is 0 Å². The minimum absolute atomic E-state index is 0.0662. The van der Waals surface area contributed by atoms with E-state index in [1.165, 1.54) is 7.11 Å². The number of carbonyl (C=O) groups excluding carboxylic acids is 9. The molecule has 16 aliphatic heterocycles. The van der Waals surface area contributed by atoms with Crippen LogP contribution in [0.25, 0.3) is 0 Å². The topological polar surface area (TPSA) is 198 Å². The third-order valence-electron chi connectivity index (χ3n) is 23.5. The van der Waals surface area contributed by atoms with Crippen LogP contribution in [0.1, 0.15) is 72.1 Å². The Labute approximate surface area is 424 Å². The van der Waals surface area contributed by atoms with Crippen LogP contribution in [0, 0.1) is 94.7 Å². The van der Waals surface area contributed by atoms with E-state index in [4.69, 9.17) is 9.47 Å². The van der Waals surface area contributed by atoms with E-state index in [0.29, 0.717) is 52.4 Å². The molecule has 16 heterocycles. The van der Waals surface area contributed by atoms with Gasteiger partial charge in [0, 0.05) is 101 Å². The molecule has 16 bridgehead atoms. The van der Waals surface area contributed by atoms with Crippen LogP contribution in [0.15, 0.2) is 0 Å². The lowest BCUT2D eigenvalue weighted by Crippen LogP contribution is -2.57. The summed E-state index contributed by atoms with van der Waals surface area (Å²) < 4.78 is 10.7. The summed E-state index contributed by atoms with van der Waals surface area (Å²) in [5.74, 6) is -0.701. The molecular weight excluding hydrogens is 937 g/mol. The standard InChI is InChI=1S/C54H68N8O11/c1-54(2,3)73-53(71)62-20-27-11-35(62)43(27)51(69)60-18-25-9-33(60)41(25)49(67)58-16-23-7-31(58)39(23)47(65)56-14-21-5-29(56)37(21)45(63)55-13-22-6-30(55)38(22)46(64)57-15-24-8-32(57)40(24)48(66)59-17-26-10-34(59)42(26)50(68)61-19-28-12-36(61)44(28)52(70)72-4/h21-44H,5-20H2,1-4H3. The van der Waals surface area contributed by atoms with Crippen LogP contribution in [0.3, 0.4) is 0 Å². The van der Waals surface area contributed by atoms with Gasteiger partial charge in [0.25, 0.3) is 0 Å². The predicted molar refractivity (Wildman–Crippen MR) is 250 cm³/mol. The Balaban J connectivity index is 0.517. The summed E-state index contributed by atoms with van der Waals surface area (Å²) in [6.07, 6.45) is 6.17. The highest BCUT2D eigenvalue weighted by atomic mass is 16.6. The van der Waals surface area contributed by atoms with Gasteiger partial charge >= 0.3 is 12.1 Å². The van der Waals surface area contributed by atoms with Crippen molar-refractivity contribution < 1.29 is 52.6 Å². The van der Waals surface area contributed by atoms with Gasteiger partial charge in [-0.05, 0) is 119 Å². The molecule has 24 unspecified atom stereocenters. The van der Waals surface area contributed by atoms with E-state index in [-0.39, 0.29) is 196 Å². The number of esters is 1. The minimum Gasteiger partial charge on any atom is -0.469 e. The molecule has 24 atom stereocenters. The lowest BCUT2D eigenvalue weighted by molar-refractivity contribution is -0.154. The van der Waals surface area contributed by atoms with Gasteiger partial charge in [-0.1, -0.05) is 0 Å². The first kappa shape index (κ1) is 44.3. The molecule has 0 N–H and O–H groups in total. The Morgan fingerprint density at radius 3 is 0.726 bits per heavy atom. The van der Waals surface area contributed by atoms with Crippen LogP contribution >= 0.6 is 0 Å². The number of rotatable bonds is 8. The molecule has 24 rings (SSSR count). The molecule has 0 spiro atoms. The first-order valence-corrected chi connectivity index (χ1v) is 28.2. The molecule has 8 saturated carbocycles. The molecule has 24 aliphatic rings. The lowest BCUT2D eigenvalue weighted by Gasteiger charge is -2.44. The molecule has 8 amide bonds. The molecule has 8 aliphatic carbocycles. The van der Waals surface area contributed by atoms with Gasteiger partial charge in [-0.25, -0.2) is 4.79 Å². The summed E-state index contributed by atoms with van der Waals surface area (Å²) in [6, 6.07) is -1.08.